The Morgan fingerprint density at radius 3 is 2.52 bits per heavy atom. The molecule has 1 heterocycles. The fraction of sp³-hybridized carbons (Fsp3) is 0.333. The van der Waals surface area contributed by atoms with E-state index in [1.165, 1.54) is 21.7 Å². The molecule has 2 rings (SSSR count). The maximum Gasteiger partial charge on any atom is 0.416 e. The summed E-state index contributed by atoms with van der Waals surface area (Å²) in [5.74, 6) is 0. The summed E-state index contributed by atoms with van der Waals surface area (Å²) >= 11 is 1.44. The van der Waals surface area contributed by atoms with Crippen LogP contribution in [0.25, 0.3) is 0 Å². The molecule has 0 spiro atoms. The van der Waals surface area contributed by atoms with Crippen molar-refractivity contribution in [3.63, 3.8) is 0 Å². The third-order valence-electron chi connectivity index (χ3n) is 3.21. The number of hydrogen-bond acceptors (Lipinski definition) is 3. The quantitative estimate of drug-likeness (QED) is 0.764. The normalized spacial score (nSPS) is 12.7. The first-order valence-electron chi connectivity index (χ1n) is 6.93. The lowest BCUT2D eigenvalue weighted by molar-refractivity contribution is -0.137. The highest BCUT2D eigenvalue weighted by Gasteiger charge is 2.32. The second-order valence-corrected chi connectivity index (χ2v) is 7.71. The predicted molar refractivity (Wildman–Crippen MR) is 83.6 cm³/mol. The van der Waals surface area contributed by atoms with Gasteiger partial charge in [0.25, 0.3) is 0 Å². The largest absolute Gasteiger partial charge is 0.416 e. The van der Waals surface area contributed by atoms with Crippen molar-refractivity contribution >= 4 is 21.4 Å². The molecule has 8 heteroatoms. The summed E-state index contributed by atoms with van der Waals surface area (Å²) in [5.41, 5.74) is -0.149. The van der Waals surface area contributed by atoms with Crippen molar-refractivity contribution in [2.24, 2.45) is 0 Å². The number of alkyl halides is 3. The summed E-state index contributed by atoms with van der Waals surface area (Å²) in [6.07, 6.45) is -4.00. The topological polar surface area (TPSA) is 37.4 Å². The SMILES string of the molecule is CCCN(Cc1ccsc1)S(=O)(=O)c1cccc(C(F)(F)F)c1. The molecule has 0 saturated carbocycles. The van der Waals surface area contributed by atoms with E-state index in [1.54, 1.807) is 6.07 Å². The number of sulfonamides is 1. The van der Waals surface area contributed by atoms with Crippen LogP contribution in [0, 0.1) is 0 Å². The van der Waals surface area contributed by atoms with Crippen molar-refractivity contribution in [2.75, 3.05) is 6.54 Å². The summed E-state index contributed by atoms with van der Waals surface area (Å²) in [5, 5.41) is 3.65. The molecule has 0 aliphatic rings. The van der Waals surface area contributed by atoms with E-state index >= 15 is 0 Å². The number of nitrogens with zero attached hydrogens (tertiary/aromatic N) is 1. The molecule has 23 heavy (non-hydrogen) atoms. The number of thiophene rings is 1. The maximum absolute atomic E-state index is 12.8. The molecule has 0 N–H and O–H groups in total. The average molecular weight is 363 g/mol. The number of halogens is 3. The molecule has 0 atom stereocenters. The van der Waals surface area contributed by atoms with Crippen molar-refractivity contribution in [1.29, 1.82) is 0 Å². The number of rotatable bonds is 6. The molecule has 3 nitrogen and oxygen atoms in total. The first-order valence-corrected chi connectivity index (χ1v) is 9.32. The van der Waals surface area contributed by atoms with E-state index in [0.717, 1.165) is 17.7 Å². The summed E-state index contributed by atoms with van der Waals surface area (Å²) < 4.78 is 65.0. The summed E-state index contributed by atoms with van der Waals surface area (Å²) in [4.78, 5) is -0.337. The summed E-state index contributed by atoms with van der Waals surface area (Å²) in [6, 6.07) is 5.66. The third-order valence-corrected chi connectivity index (χ3v) is 5.78. The fourth-order valence-electron chi connectivity index (χ4n) is 2.10. The predicted octanol–water partition coefficient (Wildman–Crippen LogP) is 4.37. The molecule has 0 unspecified atom stereocenters. The Morgan fingerprint density at radius 1 is 1.22 bits per heavy atom. The molecule has 0 fully saturated rings. The van der Waals surface area contributed by atoms with E-state index in [4.69, 9.17) is 0 Å². The Kier molecular flexibility index (Phi) is 5.49. The van der Waals surface area contributed by atoms with Gasteiger partial charge in [-0.05, 0) is 47.0 Å². The van der Waals surface area contributed by atoms with Gasteiger partial charge in [0.2, 0.25) is 10.0 Å². The van der Waals surface area contributed by atoms with Crippen LogP contribution >= 0.6 is 11.3 Å². The highest BCUT2D eigenvalue weighted by Crippen LogP contribution is 2.31. The summed E-state index contributed by atoms with van der Waals surface area (Å²) in [6.45, 7) is 2.21. The number of hydrogen-bond donors (Lipinski definition) is 0. The van der Waals surface area contributed by atoms with Gasteiger partial charge in [-0.2, -0.15) is 28.8 Å². The van der Waals surface area contributed by atoms with Gasteiger partial charge in [0.1, 0.15) is 0 Å². The van der Waals surface area contributed by atoms with E-state index in [-0.39, 0.29) is 18.0 Å². The Hall–Kier alpha value is -1.38. The molecule has 0 amide bonds. The lowest BCUT2D eigenvalue weighted by atomic mass is 10.2. The Balaban J connectivity index is 2.37. The zero-order valence-electron chi connectivity index (χ0n) is 12.4. The average Bonchev–Trinajstić information content (AvgIpc) is 2.99. The van der Waals surface area contributed by atoms with Gasteiger partial charge in [-0.25, -0.2) is 8.42 Å². The molecule has 0 aliphatic carbocycles. The van der Waals surface area contributed by atoms with Crippen LogP contribution < -0.4 is 0 Å². The zero-order chi connectivity index (χ0) is 17.1. The first-order chi connectivity index (χ1) is 10.7. The van der Waals surface area contributed by atoms with Crippen molar-refractivity contribution in [2.45, 2.75) is 31.0 Å². The molecule has 0 bridgehead atoms. The first kappa shape index (κ1) is 18.0. The maximum atomic E-state index is 12.8. The molecule has 2 aromatic rings. The van der Waals surface area contributed by atoms with Gasteiger partial charge in [0.05, 0.1) is 10.5 Å². The van der Waals surface area contributed by atoms with Gasteiger partial charge in [0, 0.05) is 13.1 Å². The van der Waals surface area contributed by atoms with Gasteiger partial charge in [0.15, 0.2) is 0 Å². The molecular formula is C15H16F3NO2S2. The Labute approximate surface area is 137 Å². The smallest absolute Gasteiger partial charge is 0.207 e. The molecule has 126 valence electrons. The molecular weight excluding hydrogens is 347 g/mol. The highest BCUT2D eigenvalue weighted by molar-refractivity contribution is 7.89. The Bertz CT molecular complexity index is 740. The lowest BCUT2D eigenvalue weighted by Crippen LogP contribution is -2.31. The number of benzene rings is 1. The minimum atomic E-state index is -4.57. The molecule has 0 aliphatic heterocycles. The minimum Gasteiger partial charge on any atom is -0.207 e. The van der Waals surface area contributed by atoms with Crippen LogP contribution in [-0.2, 0) is 22.7 Å². The lowest BCUT2D eigenvalue weighted by Gasteiger charge is -2.21. The van der Waals surface area contributed by atoms with Crippen molar-refractivity contribution in [3.05, 3.63) is 52.2 Å². The van der Waals surface area contributed by atoms with E-state index in [2.05, 4.69) is 0 Å². The second-order valence-electron chi connectivity index (χ2n) is 5.00. The standard InChI is InChI=1S/C15H16F3NO2S2/c1-2-7-19(10-12-6-8-22-11-12)23(20,21)14-5-3-4-13(9-14)15(16,17)18/h3-6,8-9,11H,2,7,10H2,1H3. The highest BCUT2D eigenvalue weighted by atomic mass is 32.2. The Morgan fingerprint density at radius 2 is 1.96 bits per heavy atom. The van der Waals surface area contributed by atoms with Gasteiger partial charge in [-0.3, -0.25) is 0 Å². The van der Waals surface area contributed by atoms with Crippen LogP contribution in [0.15, 0.2) is 46.0 Å². The van der Waals surface area contributed by atoms with Crippen LogP contribution in [0.2, 0.25) is 0 Å². The van der Waals surface area contributed by atoms with E-state index in [9.17, 15) is 21.6 Å². The van der Waals surface area contributed by atoms with Gasteiger partial charge >= 0.3 is 6.18 Å². The van der Waals surface area contributed by atoms with Crippen LogP contribution in [0.3, 0.4) is 0 Å². The second kappa shape index (κ2) is 7.02. The van der Waals surface area contributed by atoms with Gasteiger partial charge in [-0.15, -0.1) is 0 Å². The van der Waals surface area contributed by atoms with E-state index in [1.807, 2.05) is 17.7 Å². The molecule has 1 aromatic carbocycles. The van der Waals surface area contributed by atoms with E-state index < -0.39 is 21.8 Å². The molecule has 0 radical (unpaired) electrons. The minimum absolute atomic E-state index is 0.149. The van der Waals surface area contributed by atoms with Crippen molar-refractivity contribution < 1.29 is 21.6 Å². The summed E-state index contributed by atoms with van der Waals surface area (Å²) in [7, 11) is -3.98. The van der Waals surface area contributed by atoms with Crippen LogP contribution in [0.5, 0.6) is 0 Å². The monoisotopic (exact) mass is 363 g/mol. The third kappa shape index (κ3) is 4.33. The van der Waals surface area contributed by atoms with Crippen LogP contribution in [0.4, 0.5) is 13.2 Å². The van der Waals surface area contributed by atoms with Gasteiger partial charge < -0.3 is 0 Å². The van der Waals surface area contributed by atoms with Crippen molar-refractivity contribution in [3.8, 4) is 0 Å². The van der Waals surface area contributed by atoms with Gasteiger partial charge in [-0.1, -0.05) is 13.0 Å². The fourth-order valence-corrected chi connectivity index (χ4v) is 4.33. The molecule has 0 saturated heterocycles. The zero-order valence-corrected chi connectivity index (χ0v) is 14.0. The molecule has 1 aromatic heterocycles. The van der Waals surface area contributed by atoms with E-state index in [0.29, 0.717) is 12.5 Å². The van der Waals surface area contributed by atoms with Crippen LogP contribution in [0.1, 0.15) is 24.5 Å². The van der Waals surface area contributed by atoms with Crippen molar-refractivity contribution in [1.82, 2.24) is 4.31 Å². The van der Waals surface area contributed by atoms with Crippen LogP contribution in [-0.4, -0.2) is 19.3 Å².